The van der Waals surface area contributed by atoms with E-state index in [1.807, 2.05) is 6.92 Å². The maximum atomic E-state index is 12.3. The fourth-order valence-electron chi connectivity index (χ4n) is 2.75. The highest BCUT2D eigenvalue weighted by molar-refractivity contribution is 5.86. The van der Waals surface area contributed by atoms with Crippen LogP contribution in [0.4, 0.5) is 4.79 Å². The lowest BCUT2D eigenvalue weighted by atomic mass is 9.77. The molecule has 0 bridgehead atoms. The van der Waals surface area contributed by atoms with Gasteiger partial charge in [0.1, 0.15) is 5.54 Å². The zero-order valence-corrected chi connectivity index (χ0v) is 13.1. The van der Waals surface area contributed by atoms with Gasteiger partial charge < -0.3 is 15.3 Å². The second-order valence-electron chi connectivity index (χ2n) is 6.25. The van der Waals surface area contributed by atoms with Gasteiger partial charge >= 0.3 is 12.0 Å². The minimum Gasteiger partial charge on any atom is -0.480 e. The summed E-state index contributed by atoms with van der Waals surface area (Å²) < 4.78 is 0. The van der Waals surface area contributed by atoms with Crippen LogP contribution in [0.5, 0.6) is 0 Å². The molecule has 1 rings (SSSR count). The van der Waals surface area contributed by atoms with Crippen molar-refractivity contribution < 1.29 is 14.7 Å². The van der Waals surface area contributed by atoms with Gasteiger partial charge in [-0.3, -0.25) is 0 Å². The monoisotopic (exact) mass is 284 g/mol. The molecule has 2 N–H and O–H groups in total. The molecule has 1 atom stereocenters. The van der Waals surface area contributed by atoms with Crippen LogP contribution in [-0.4, -0.2) is 40.6 Å². The molecule has 116 valence electrons. The van der Waals surface area contributed by atoms with Gasteiger partial charge in [0.05, 0.1) is 0 Å². The summed E-state index contributed by atoms with van der Waals surface area (Å²) in [5.41, 5.74) is -1.08. The molecule has 0 aromatic carbocycles. The zero-order valence-electron chi connectivity index (χ0n) is 13.1. The molecular formula is C15H28N2O3. The van der Waals surface area contributed by atoms with Gasteiger partial charge in [-0.05, 0) is 44.9 Å². The van der Waals surface area contributed by atoms with Gasteiger partial charge in [0, 0.05) is 13.1 Å². The van der Waals surface area contributed by atoms with Crippen LogP contribution in [0.3, 0.4) is 0 Å². The Hall–Kier alpha value is -1.26. The van der Waals surface area contributed by atoms with Crippen molar-refractivity contribution in [2.45, 2.75) is 70.9 Å². The van der Waals surface area contributed by atoms with Crippen LogP contribution in [0.15, 0.2) is 0 Å². The minimum atomic E-state index is -1.08. The van der Waals surface area contributed by atoms with Crippen LogP contribution >= 0.6 is 0 Å². The first-order chi connectivity index (χ1) is 9.32. The van der Waals surface area contributed by atoms with Crippen molar-refractivity contribution in [2.24, 2.45) is 5.92 Å². The molecule has 0 heterocycles. The van der Waals surface area contributed by atoms with Gasteiger partial charge in [0.15, 0.2) is 0 Å². The third-order valence-corrected chi connectivity index (χ3v) is 4.57. The maximum absolute atomic E-state index is 12.3. The fourth-order valence-corrected chi connectivity index (χ4v) is 2.75. The first-order valence-electron chi connectivity index (χ1n) is 7.60. The van der Waals surface area contributed by atoms with Gasteiger partial charge in [-0.1, -0.05) is 20.3 Å². The minimum absolute atomic E-state index is 0.119. The number of hydrogen-bond donors (Lipinski definition) is 2. The fraction of sp³-hybridized carbons (Fsp3) is 0.867. The molecule has 1 aliphatic rings. The Balaban J connectivity index is 2.71. The SMILES string of the molecule is CCCC(C)N(C)C(=O)NC1(C(=O)O)CCC(C)CC1. The standard InChI is InChI=1S/C15H28N2O3/c1-5-6-12(3)17(4)14(20)16-15(13(18)19)9-7-11(2)8-10-15/h11-12H,5-10H2,1-4H3,(H,16,20)(H,18,19). The van der Waals surface area contributed by atoms with E-state index in [1.165, 1.54) is 0 Å². The molecule has 5 heteroatoms. The van der Waals surface area contributed by atoms with E-state index in [0.717, 1.165) is 25.7 Å². The Morgan fingerprint density at radius 2 is 1.95 bits per heavy atom. The Labute approximate surface area is 121 Å². The lowest BCUT2D eigenvalue weighted by Crippen LogP contribution is -2.59. The molecule has 0 aliphatic heterocycles. The van der Waals surface area contributed by atoms with Gasteiger partial charge in [-0.15, -0.1) is 0 Å². The number of amides is 2. The second-order valence-corrected chi connectivity index (χ2v) is 6.25. The number of nitrogens with one attached hydrogen (secondary N) is 1. The maximum Gasteiger partial charge on any atom is 0.329 e. The third kappa shape index (κ3) is 3.87. The molecule has 1 unspecified atom stereocenters. The van der Waals surface area contributed by atoms with Crippen molar-refractivity contribution in [1.29, 1.82) is 0 Å². The van der Waals surface area contributed by atoms with Crippen molar-refractivity contribution in [3.63, 3.8) is 0 Å². The molecule has 1 saturated carbocycles. The predicted molar refractivity (Wildman–Crippen MR) is 78.7 cm³/mol. The number of carbonyl (C=O) groups excluding carboxylic acids is 1. The average Bonchev–Trinajstić information content (AvgIpc) is 2.40. The van der Waals surface area contributed by atoms with Crippen molar-refractivity contribution in [1.82, 2.24) is 10.2 Å². The van der Waals surface area contributed by atoms with Gasteiger partial charge in [-0.25, -0.2) is 9.59 Å². The summed E-state index contributed by atoms with van der Waals surface area (Å²) in [7, 11) is 1.73. The number of urea groups is 1. The Morgan fingerprint density at radius 3 is 2.40 bits per heavy atom. The van der Waals surface area contributed by atoms with Crippen LogP contribution in [0.25, 0.3) is 0 Å². The van der Waals surface area contributed by atoms with Crippen LogP contribution in [0, 0.1) is 5.92 Å². The molecular weight excluding hydrogens is 256 g/mol. The lowest BCUT2D eigenvalue weighted by Gasteiger charge is -2.38. The Bertz CT molecular complexity index is 349. The second kappa shape index (κ2) is 6.95. The molecule has 2 amide bonds. The number of carboxylic acid groups (broad SMARTS) is 1. The Kier molecular flexibility index (Phi) is 5.84. The van der Waals surface area contributed by atoms with E-state index >= 15 is 0 Å². The lowest BCUT2D eigenvalue weighted by molar-refractivity contribution is -0.146. The van der Waals surface area contributed by atoms with E-state index in [-0.39, 0.29) is 12.1 Å². The number of aliphatic carboxylic acids is 1. The molecule has 0 spiro atoms. The highest BCUT2D eigenvalue weighted by Gasteiger charge is 2.43. The van der Waals surface area contributed by atoms with E-state index < -0.39 is 11.5 Å². The molecule has 1 aliphatic carbocycles. The average molecular weight is 284 g/mol. The molecule has 0 aromatic rings. The first-order valence-corrected chi connectivity index (χ1v) is 7.60. The van der Waals surface area contributed by atoms with Crippen molar-refractivity contribution in [3.8, 4) is 0 Å². The van der Waals surface area contributed by atoms with E-state index in [0.29, 0.717) is 18.8 Å². The Morgan fingerprint density at radius 1 is 1.40 bits per heavy atom. The third-order valence-electron chi connectivity index (χ3n) is 4.57. The van der Waals surface area contributed by atoms with Crippen LogP contribution in [0.1, 0.15) is 59.3 Å². The summed E-state index contributed by atoms with van der Waals surface area (Å²) >= 11 is 0. The number of nitrogens with zero attached hydrogens (tertiary/aromatic N) is 1. The molecule has 0 radical (unpaired) electrons. The largest absolute Gasteiger partial charge is 0.480 e. The van der Waals surface area contributed by atoms with Gasteiger partial charge in [-0.2, -0.15) is 0 Å². The van der Waals surface area contributed by atoms with E-state index in [4.69, 9.17) is 0 Å². The van der Waals surface area contributed by atoms with E-state index in [2.05, 4.69) is 19.2 Å². The summed E-state index contributed by atoms with van der Waals surface area (Å²) in [6.07, 6.45) is 4.65. The van der Waals surface area contributed by atoms with Gasteiger partial charge in [0.25, 0.3) is 0 Å². The summed E-state index contributed by atoms with van der Waals surface area (Å²) in [5, 5.41) is 12.3. The summed E-state index contributed by atoms with van der Waals surface area (Å²) in [6, 6.07) is -0.156. The number of hydrogen-bond acceptors (Lipinski definition) is 2. The van der Waals surface area contributed by atoms with Crippen molar-refractivity contribution >= 4 is 12.0 Å². The quantitative estimate of drug-likeness (QED) is 0.815. The number of rotatable bonds is 5. The smallest absolute Gasteiger partial charge is 0.329 e. The zero-order chi connectivity index (χ0) is 15.3. The number of carboxylic acids is 1. The molecule has 0 aromatic heterocycles. The molecule has 5 nitrogen and oxygen atoms in total. The van der Waals surface area contributed by atoms with Crippen molar-refractivity contribution in [3.05, 3.63) is 0 Å². The first kappa shape index (κ1) is 16.8. The molecule has 0 saturated heterocycles. The summed E-state index contributed by atoms with van der Waals surface area (Å²) in [5.74, 6) is -0.370. The highest BCUT2D eigenvalue weighted by Crippen LogP contribution is 2.32. The predicted octanol–water partition coefficient (Wildman–Crippen LogP) is 2.85. The molecule has 20 heavy (non-hydrogen) atoms. The summed E-state index contributed by atoms with van der Waals surface area (Å²) in [4.78, 5) is 25.5. The van der Waals surface area contributed by atoms with Crippen LogP contribution in [-0.2, 0) is 4.79 Å². The topological polar surface area (TPSA) is 69.6 Å². The highest BCUT2D eigenvalue weighted by atomic mass is 16.4. The van der Waals surface area contributed by atoms with Crippen LogP contribution in [0.2, 0.25) is 0 Å². The number of carbonyl (C=O) groups is 2. The van der Waals surface area contributed by atoms with E-state index in [9.17, 15) is 14.7 Å². The van der Waals surface area contributed by atoms with Crippen molar-refractivity contribution in [2.75, 3.05) is 7.05 Å². The summed E-state index contributed by atoms with van der Waals surface area (Å²) in [6.45, 7) is 6.19. The van der Waals surface area contributed by atoms with Gasteiger partial charge in [0.2, 0.25) is 0 Å². The van der Waals surface area contributed by atoms with Crippen LogP contribution < -0.4 is 5.32 Å². The molecule has 1 fully saturated rings. The normalized spacial score (nSPS) is 27.7. The van der Waals surface area contributed by atoms with E-state index in [1.54, 1.807) is 11.9 Å².